The Bertz CT molecular complexity index is 261. The zero-order chi connectivity index (χ0) is 8.97. The van der Waals surface area contributed by atoms with Crippen LogP contribution in [0, 0.1) is 0 Å². The Morgan fingerprint density at radius 2 is 2.17 bits per heavy atom. The maximum Gasteiger partial charge on any atom is 0.142 e. The predicted molar refractivity (Wildman–Crippen MR) is 50.2 cm³/mol. The van der Waals surface area contributed by atoms with Crippen molar-refractivity contribution in [2.24, 2.45) is 5.73 Å². The third kappa shape index (κ3) is 1.68. The molecule has 1 aromatic carbocycles. The fourth-order valence-electron chi connectivity index (χ4n) is 1.14. The van der Waals surface area contributed by atoms with Gasteiger partial charge in [0.15, 0.2) is 0 Å². The standard InChI is InChI=1S/C9H14N2O/c1-12-8-4-2-3-7(5-6-10)9(8)11/h2-4H,5-6,10-11H2,1H3. The highest BCUT2D eigenvalue weighted by atomic mass is 16.5. The van der Waals surface area contributed by atoms with Crippen LogP contribution in [0.2, 0.25) is 0 Å². The van der Waals surface area contributed by atoms with Gasteiger partial charge < -0.3 is 16.2 Å². The van der Waals surface area contributed by atoms with Gasteiger partial charge in [-0.3, -0.25) is 0 Å². The van der Waals surface area contributed by atoms with Crippen LogP contribution in [0.5, 0.6) is 5.75 Å². The summed E-state index contributed by atoms with van der Waals surface area (Å²) in [6.45, 7) is 0.608. The van der Waals surface area contributed by atoms with Gasteiger partial charge in [-0.05, 0) is 24.6 Å². The molecule has 12 heavy (non-hydrogen) atoms. The lowest BCUT2D eigenvalue weighted by Crippen LogP contribution is -2.05. The minimum Gasteiger partial charge on any atom is -0.495 e. The third-order valence-electron chi connectivity index (χ3n) is 1.79. The average molecular weight is 166 g/mol. The van der Waals surface area contributed by atoms with Gasteiger partial charge in [0.25, 0.3) is 0 Å². The summed E-state index contributed by atoms with van der Waals surface area (Å²) in [6, 6.07) is 5.72. The van der Waals surface area contributed by atoms with Crippen molar-refractivity contribution in [1.29, 1.82) is 0 Å². The summed E-state index contributed by atoms with van der Waals surface area (Å²) in [6.07, 6.45) is 0.795. The number of hydrogen-bond acceptors (Lipinski definition) is 3. The van der Waals surface area contributed by atoms with E-state index < -0.39 is 0 Å². The summed E-state index contributed by atoms with van der Waals surface area (Å²) < 4.78 is 5.07. The Labute approximate surface area is 72.3 Å². The van der Waals surface area contributed by atoms with Gasteiger partial charge in [0, 0.05) is 0 Å². The topological polar surface area (TPSA) is 61.3 Å². The highest BCUT2D eigenvalue weighted by Gasteiger charge is 2.02. The highest BCUT2D eigenvalue weighted by molar-refractivity contribution is 5.58. The fraction of sp³-hybridized carbons (Fsp3) is 0.333. The number of nitrogen functional groups attached to an aromatic ring is 1. The van der Waals surface area contributed by atoms with Crippen LogP contribution in [0.1, 0.15) is 5.56 Å². The van der Waals surface area contributed by atoms with Crippen molar-refractivity contribution in [2.45, 2.75) is 6.42 Å². The van der Waals surface area contributed by atoms with Gasteiger partial charge in [0.2, 0.25) is 0 Å². The normalized spacial score (nSPS) is 9.83. The molecule has 1 aromatic rings. The van der Waals surface area contributed by atoms with E-state index in [1.165, 1.54) is 0 Å². The molecule has 0 aliphatic rings. The van der Waals surface area contributed by atoms with E-state index in [1.807, 2.05) is 18.2 Å². The predicted octanol–water partition coefficient (Wildman–Crippen LogP) is 0.779. The Hall–Kier alpha value is -1.22. The van der Waals surface area contributed by atoms with E-state index >= 15 is 0 Å². The Morgan fingerprint density at radius 3 is 2.75 bits per heavy atom. The van der Waals surface area contributed by atoms with Gasteiger partial charge >= 0.3 is 0 Å². The van der Waals surface area contributed by atoms with Crippen LogP contribution in [0.3, 0.4) is 0 Å². The quantitative estimate of drug-likeness (QED) is 0.652. The Balaban J connectivity index is 2.97. The second-order valence-electron chi connectivity index (χ2n) is 2.57. The van der Waals surface area contributed by atoms with E-state index in [4.69, 9.17) is 16.2 Å². The van der Waals surface area contributed by atoms with Crippen molar-refractivity contribution in [3.8, 4) is 5.75 Å². The van der Waals surface area contributed by atoms with Crippen molar-refractivity contribution in [1.82, 2.24) is 0 Å². The zero-order valence-electron chi connectivity index (χ0n) is 7.21. The molecule has 0 fully saturated rings. The number of rotatable bonds is 3. The molecule has 0 spiro atoms. The van der Waals surface area contributed by atoms with Crippen molar-refractivity contribution in [3.63, 3.8) is 0 Å². The van der Waals surface area contributed by atoms with Crippen molar-refractivity contribution < 1.29 is 4.74 Å². The van der Waals surface area contributed by atoms with E-state index in [0.717, 1.165) is 17.7 Å². The number of ether oxygens (including phenoxy) is 1. The van der Waals surface area contributed by atoms with E-state index in [-0.39, 0.29) is 0 Å². The van der Waals surface area contributed by atoms with Gasteiger partial charge in [-0.1, -0.05) is 12.1 Å². The monoisotopic (exact) mass is 166 g/mol. The molecular weight excluding hydrogens is 152 g/mol. The number of nitrogens with two attached hydrogens (primary N) is 2. The van der Waals surface area contributed by atoms with Crippen LogP contribution >= 0.6 is 0 Å². The summed E-state index contributed by atoms with van der Waals surface area (Å²) in [5.41, 5.74) is 13.0. The molecule has 3 nitrogen and oxygen atoms in total. The van der Waals surface area contributed by atoms with Crippen LogP contribution in [-0.2, 0) is 6.42 Å². The van der Waals surface area contributed by atoms with Crippen molar-refractivity contribution in [2.75, 3.05) is 19.4 Å². The fourth-order valence-corrected chi connectivity index (χ4v) is 1.14. The Kier molecular flexibility index (Phi) is 2.94. The molecule has 0 heterocycles. The molecule has 0 unspecified atom stereocenters. The molecule has 4 N–H and O–H groups in total. The first kappa shape index (κ1) is 8.87. The number of anilines is 1. The molecule has 0 saturated carbocycles. The van der Waals surface area contributed by atoms with E-state index in [0.29, 0.717) is 12.2 Å². The number of methoxy groups -OCH3 is 1. The summed E-state index contributed by atoms with van der Waals surface area (Å²) >= 11 is 0. The van der Waals surface area contributed by atoms with Gasteiger partial charge in [0.05, 0.1) is 12.8 Å². The minimum atomic E-state index is 0.608. The van der Waals surface area contributed by atoms with Gasteiger partial charge in [-0.25, -0.2) is 0 Å². The van der Waals surface area contributed by atoms with Crippen LogP contribution < -0.4 is 16.2 Å². The molecule has 66 valence electrons. The van der Waals surface area contributed by atoms with E-state index in [1.54, 1.807) is 7.11 Å². The SMILES string of the molecule is COc1cccc(CCN)c1N. The van der Waals surface area contributed by atoms with Gasteiger partial charge in [-0.15, -0.1) is 0 Å². The third-order valence-corrected chi connectivity index (χ3v) is 1.79. The first-order chi connectivity index (χ1) is 5.79. The number of benzene rings is 1. The molecule has 0 aromatic heterocycles. The lowest BCUT2D eigenvalue weighted by atomic mass is 10.1. The first-order valence-electron chi connectivity index (χ1n) is 3.91. The summed E-state index contributed by atoms with van der Waals surface area (Å²) in [5, 5.41) is 0. The summed E-state index contributed by atoms with van der Waals surface area (Å²) in [7, 11) is 1.61. The lowest BCUT2D eigenvalue weighted by molar-refractivity contribution is 0.416. The molecule has 0 amide bonds. The molecular formula is C9H14N2O. The Morgan fingerprint density at radius 1 is 1.42 bits per heavy atom. The summed E-state index contributed by atoms with van der Waals surface area (Å²) in [4.78, 5) is 0. The largest absolute Gasteiger partial charge is 0.495 e. The maximum atomic E-state index is 5.80. The number of hydrogen-bond donors (Lipinski definition) is 2. The first-order valence-corrected chi connectivity index (χ1v) is 3.91. The van der Waals surface area contributed by atoms with Crippen LogP contribution in [0.4, 0.5) is 5.69 Å². The lowest BCUT2D eigenvalue weighted by Gasteiger charge is -2.08. The highest BCUT2D eigenvalue weighted by Crippen LogP contribution is 2.24. The second kappa shape index (κ2) is 3.97. The van der Waals surface area contributed by atoms with Crippen molar-refractivity contribution in [3.05, 3.63) is 23.8 Å². The minimum absolute atomic E-state index is 0.608. The molecule has 0 aliphatic carbocycles. The molecule has 0 aliphatic heterocycles. The molecule has 3 heteroatoms. The molecule has 0 atom stereocenters. The van der Waals surface area contributed by atoms with Gasteiger partial charge in [0.1, 0.15) is 5.75 Å². The van der Waals surface area contributed by atoms with Crippen LogP contribution in [0.15, 0.2) is 18.2 Å². The zero-order valence-corrected chi connectivity index (χ0v) is 7.21. The smallest absolute Gasteiger partial charge is 0.142 e. The van der Waals surface area contributed by atoms with E-state index in [9.17, 15) is 0 Å². The van der Waals surface area contributed by atoms with E-state index in [2.05, 4.69) is 0 Å². The van der Waals surface area contributed by atoms with Crippen LogP contribution in [0.25, 0.3) is 0 Å². The summed E-state index contributed by atoms with van der Waals surface area (Å²) in [5.74, 6) is 0.723. The number of para-hydroxylation sites is 1. The maximum absolute atomic E-state index is 5.80. The molecule has 0 bridgehead atoms. The van der Waals surface area contributed by atoms with Crippen molar-refractivity contribution >= 4 is 5.69 Å². The second-order valence-corrected chi connectivity index (χ2v) is 2.57. The average Bonchev–Trinajstić information content (AvgIpc) is 2.09. The molecule has 0 saturated heterocycles. The molecule has 0 radical (unpaired) electrons. The van der Waals surface area contributed by atoms with Gasteiger partial charge in [-0.2, -0.15) is 0 Å². The molecule has 1 rings (SSSR count). The van der Waals surface area contributed by atoms with Crippen LogP contribution in [-0.4, -0.2) is 13.7 Å².